The topological polar surface area (TPSA) is 15.3 Å². The van der Waals surface area contributed by atoms with Crippen LogP contribution in [0, 0.1) is 0 Å². The number of hydrogen-bond acceptors (Lipinski definition) is 2. The maximum atomic E-state index is 6.39. The van der Waals surface area contributed by atoms with Gasteiger partial charge in [0.25, 0.3) is 0 Å². The van der Waals surface area contributed by atoms with E-state index in [2.05, 4.69) is 50.0 Å². The SMILES string of the molecule is CCC1CNC(C)(CC)CN1C(C)c1ccccc1Cl. The van der Waals surface area contributed by atoms with E-state index < -0.39 is 0 Å². The Bertz CT molecular complexity index is 448. The van der Waals surface area contributed by atoms with Gasteiger partial charge in [0.1, 0.15) is 0 Å². The summed E-state index contributed by atoms with van der Waals surface area (Å²) < 4.78 is 0. The lowest BCUT2D eigenvalue weighted by Gasteiger charge is -2.48. The van der Waals surface area contributed by atoms with Gasteiger partial charge in [-0.05, 0) is 38.3 Å². The van der Waals surface area contributed by atoms with Gasteiger partial charge in [-0.1, -0.05) is 43.6 Å². The van der Waals surface area contributed by atoms with Crippen molar-refractivity contribution in [1.82, 2.24) is 10.2 Å². The number of piperazine rings is 1. The smallest absolute Gasteiger partial charge is 0.0453 e. The molecule has 3 atom stereocenters. The van der Waals surface area contributed by atoms with Crippen molar-refractivity contribution in [1.29, 1.82) is 0 Å². The van der Waals surface area contributed by atoms with E-state index in [4.69, 9.17) is 11.6 Å². The molecule has 0 bridgehead atoms. The molecule has 1 fully saturated rings. The summed E-state index contributed by atoms with van der Waals surface area (Å²) >= 11 is 6.39. The van der Waals surface area contributed by atoms with Crippen molar-refractivity contribution >= 4 is 11.6 Å². The molecule has 1 N–H and O–H groups in total. The molecule has 1 aromatic rings. The first-order valence-electron chi connectivity index (χ1n) is 7.76. The molecule has 1 aliphatic rings. The Morgan fingerprint density at radius 3 is 2.70 bits per heavy atom. The summed E-state index contributed by atoms with van der Waals surface area (Å²) in [5.41, 5.74) is 1.45. The van der Waals surface area contributed by atoms with E-state index >= 15 is 0 Å². The minimum atomic E-state index is 0.210. The lowest BCUT2D eigenvalue weighted by atomic mass is 9.90. The van der Waals surface area contributed by atoms with Crippen LogP contribution in [0.1, 0.15) is 52.1 Å². The van der Waals surface area contributed by atoms with Crippen LogP contribution in [0.4, 0.5) is 0 Å². The van der Waals surface area contributed by atoms with Crippen LogP contribution in [0.3, 0.4) is 0 Å². The second kappa shape index (κ2) is 6.46. The molecule has 2 nitrogen and oxygen atoms in total. The van der Waals surface area contributed by atoms with Gasteiger partial charge >= 0.3 is 0 Å². The zero-order chi connectivity index (χ0) is 14.8. The van der Waals surface area contributed by atoms with Crippen molar-refractivity contribution in [2.75, 3.05) is 13.1 Å². The van der Waals surface area contributed by atoms with Gasteiger partial charge in [0.05, 0.1) is 0 Å². The Kier molecular flexibility index (Phi) is 5.11. The molecular weight excluding hydrogens is 268 g/mol. The summed E-state index contributed by atoms with van der Waals surface area (Å²) in [7, 11) is 0. The van der Waals surface area contributed by atoms with Gasteiger partial charge in [-0.2, -0.15) is 0 Å². The summed E-state index contributed by atoms with van der Waals surface area (Å²) in [5, 5.41) is 4.60. The molecule has 3 heteroatoms. The molecule has 112 valence electrons. The van der Waals surface area contributed by atoms with Crippen LogP contribution in [-0.2, 0) is 0 Å². The van der Waals surface area contributed by atoms with Crippen LogP contribution in [0.15, 0.2) is 24.3 Å². The van der Waals surface area contributed by atoms with E-state index in [0.29, 0.717) is 12.1 Å². The average molecular weight is 295 g/mol. The number of nitrogens with zero attached hydrogens (tertiary/aromatic N) is 1. The Morgan fingerprint density at radius 1 is 1.40 bits per heavy atom. The average Bonchev–Trinajstić information content (AvgIpc) is 2.47. The highest BCUT2D eigenvalue weighted by Gasteiger charge is 2.36. The Balaban J connectivity index is 2.25. The monoisotopic (exact) mass is 294 g/mol. The predicted molar refractivity (Wildman–Crippen MR) is 87.4 cm³/mol. The number of nitrogens with one attached hydrogen (secondary N) is 1. The first kappa shape index (κ1) is 15.8. The molecule has 0 spiro atoms. The standard InChI is InChI=1S/C17H27ClN2/c1-5-14-11-19-17(4,6-2)12-20(14)13(3)15-9-7-8-10-16(15)18/h7-10,13-14,19H,5-6,11-12H2,1-4H3. The van der Waals surface area contributed by atoms with E-state index in [1.807, 2.05) is 12.1 Å². The Labute approximate surface area is 128 Å². The zero-order valence-electron chi connectivity index (χ0n) is 13.1. The highest BCUT2D eigenvalue weighted by Crippen LogP contribution is 2.32. The first-order chi connectivity index (χ1) is 9.50. The predicted octanol–water partition coefficient (Wildman–Crippen LogP) is 4.25. The summed E-state index contributed by atoms with van der Waals surface area (Å²) in [6.45, 7) is 11.3. The molecule has 0 radical (unpaired) electrons. The number of halogens is 1. The Hall–Kier alpha value is -0.570. The molecule has 3 unspecified atom stereocenters. The highest BCUT2D eigenvalue weighted by atomic mass is 35.5. The van der Waals surface area contributed by atoms with Gasteiger partial charge in [0.15, 0.2) is 0 Å². The molecular formula is C17H27ClN2. The maximum absolute atomic E-state index is 6.39. The van der Waals surface area contributed by atoms with Crippen LogP contribution in [0.25, 0.3) is 0 Å². The number of rotatable bonds is 4. The van der Waals surface area contributed by atoms with Crippen molar-refractivity contribution in [2.24, 2.45) is 0 Å². The second-order valence-corrected chi connectivity index (χ2v) is 6.63. The number of benzene rings is 1. The first-order valence-corrected chi connectivity index (χ1v) is 8.13. The van der Waals surface area contributed by atoms with Crippen LogP contribution in [0.2, 0.25) is 5.02 Å². The third kappa shape index (κ3) is 3.19. The van der Waals surface area contributed by atoms with Gasteiger partial charge in [-0.3, -0.25) is 4.90 Å². The molecule has 0 amide bonds. The third-order valence-electron chi connectivity index (χ3n) is 4.87. The van der Waals surface area contributed by atoms with Gasteiger partial charge < -0.3 is 5.32 Å². The van der Waals surface area contributed by atoms with Crippen molar-refractivity contribution in [3.63, 3.8) is 0 Å². The summed E-state index contributed by atoms with van der Waals surface area (Å²) in [5.74, 6) is 0. The van der Waals surface area contributed by atoms with Crippen molar-refractivity contribution < 1.29 is 0 Å². The van der Waals surface area contributed by atoms with Crippen LogP contribution in [0.5, 0.6) is 0 Å². The van der Waals surface area contributed by atoms with Gasteiger partial charge in [0, 0.05) is 35.7 Å². The van der Waals surface area contributed by atoms with Crippen molar-refractivity contribution in [2.45, 2.75) is 58.2 Å². The van der Waals surface area contributed by atoms with Gasteiger partial charge in [-0.25, -0.2) is 0 Å². The van der Waals surface area contributed by atoms with Crippen LogP contribution in [-0.4, -0.2) is 29.6 Å². The molecule has 20 heavy (non-hydrogen) atoms. The molecule has 0 aromatic heterocycles. The number of hydrogen-bond donors (Lipinski definition) is 1. The quantitative estimate of drug-likeness (QED) is 0.893. The molecule has 1 heterocycles. The fraction of sp³-hybridized carbons (Fsp3) is 0.647. The lowest BCUT2D eigenvalue weighted by molar-refractivity contribution is 0.0494. The Morgan fingerprint density at radius 2 is 2.10 bits per heavy atom. The van der Waals surface area contributed by atoms with E-state index in [-0.39, 0.29) is 5.54 Å². The molecule has 2 rings (SSSR count). The van der Waals surface area contributed by atoms with E-state index in [9.17, 15) is 0 Å². The van der Waals surface area contributed by atoms with E-state index in [1.54, 1.807) is 0 Å². The van der Waals surface area contributed by atoms with Gasteiger partial charge in [-0.15, -0.1) is 0 Å². The van der Waals surface area contributed by atoms with E-state index in [1.165, 1.54) is 12.0 Å². The zero-order valence-corrected chi connectivity index (χ0v) is 13.9. The molecule has 1 saturated heterocycles. The second-order valence-electron chi connectivity index (χ2n) is 6.23. The fourth-order valence-corrected chi connectivity index (χ4v) is 3.42. The minimum absolute atomic E-state index is 0.210. The van der Waals surface area contributed by atoms with E-state index in [0.717, 1.165) is 24.5 Å². The summed E-state index contributed by atoms with van der Waals surface area (Å²) in [6.07, 6.45) is 2.32. The molecule has 1 aromatic carbocycles. The van der Waals surface area contributed by atoms with Crippen molar-refractivity contribution in [3.05, 3.63) is 34.9 Å². The van der Waals surface area contributed by atoms with Gasteiger partial charge in [0.2, 0.25) is 0 Å². The normalized spacial score (nSPS) is 29.4. The lowest BCUT2D eigenvalue weighted by Crippen LogP contribution is -2.62. The fourth-order valence-electron chi connectivity index (χ4n) is 3.13. The van der Waals surface area contributed by atoms with Crippen LogP contribution < -0.4 is 5.32 Å². The highest BCUT2D eigenvalue weighted by molar-refractivity contribution is 6.31. The van der Waals surface area contributed by atoms with Crippen molar-refractivity contribution in [3.8, 4) is 0 Å². The maximum Gasteiger partial charge on any atom is 0.0453 e. The largest absolute Gasteiger partial charge is 0.309 e. The molecule has 1 aliphatic heterocycles. The summed E-state index contributed by atoms with van der Waals surface area (Å²) in [6, 6.07) is 9.19. The molecule has 0 saturated carbocycles. The third-order valence-corrected chi connectivity index (χ3v) is 5.21. The minimum Gasteiger partial charge on any atom is -0.309 e. The summed E-state index contributed by atoms with van der Waals surface area (Å²) in [4.78, 5) is 2.63. The molecule has 0 aliphatic carbocycles. The van der Waals surface area contributed by atoms with Crippen LogP contribution >= 0.6 is 11.6 Å².